The van der Waals surface area contributed by atoms with E-state index in [0.29, 0.717) is 43.2 Å². The van der Waals surface area contributed by atoms with Crippen LogP contribution in [0.5, 0.6) is 11.5 Å². The van der Waals surface area contributed by atoms with Gasteiger partial charge in [-0.25, -0.2) is 15.0 Å². The van der Waals surface area contributed by atoms with Crippen LogP contribution in [0.25, 0.3) is 39.5 Å². The minimum absolute atomic E-state index is 0.129. The molecule has 0 amide bonds. The first-order chi connectivity index (χ1) is 21.1. The first kappa shape index (κ1) is 27.6. The SMILES string of the molecule is COc1c(CCNCc2ccc(-n3c(-c4cccnc4N)nc4ccc(-c5ccccc5)nc43)cc2)ccc(C=O)c1O. The Labute approximate surface area is 248 Å². The van der Waals surface area contributed by atoms with Crippen molar-refractivity contribution >= 4 is 23.3 Å². The number of nitrogens with zero attached hydrogens (tertiary/aromatic N) is 4. The molecule has 4 N–H and O–H groups in total. The van der Waals surface area contributed by atoms with Crippen molar-refractivity contribution in [2.24, 2.45) is 0 Å². The zero-order valence-electron chi connectivity index (χ0n) is 23.6. The van der Waals surface area contributed by atoms with E-state index < -0.39 is 0 Å². The molecule has 9 nitrogen and oxygen atoms in total. The van der Waals surface area contributed by atoms with E-state index in [2.05, 4.69) is 22.4 Å². The lowest BCUT2D eigenvalue weighted by Gasteiger charge is -2.13. The molecule has 0 saturated carbocycles. The summed E-state index contributed by atoms with van der Waals surface area (Å²) in [5.74, 6) is 1.27. The molecule has 9 heteroatoms. The summed E-state index contributed by atoms with van der Waals surface area (Å²) in [6.07, 6.45) is 2.90. The number of pyridine rings is 2. The molecule has 6 rings (SSSR count). The first-order valence-corrected chi connectivity index (χ1v) is 13.9. The third kappa shape index (κ3) is 5.53. The molecule has 0 unspecified atom stereocenters. The summed E-state index contributed by atoms with van der Waals surface area (Å²) < 4.78 is 7.36. The predicted octanol–water partition coefficient (Wildman–Crippen LogP) is 5.59. The highest BCUT2D eigenvalue weighted by Gasteiger charge is 2.19. The van der Waals surface area contributed by atoms with Crippen LogP contribution in [0.4, 0.5) is 5.82 Å². The second kappa shape index (κ2) is 12.1. The van der Waals surface area contributed by atoms with Gasteiger partial charge in [0.25, 0.3) is 0 Å². The minimum Gasteiger partial charge on any atom is -0.504 e. The van der Waals surface area contributed by atoms with Crippen molar-refractivity contribution in [3.05, 3.63) is 114 Å². The van der Waals surface area contributed by atoms with Crippen molar-refractivity contribution in [1.29, 1.82) is 0 Å². The van der Waals surface area contributed by atoms with Crippen LogP contribution in [0, 0.1) is 0 Å². The molecule has 0 saturated heterocycles. The fraction of sp³-hybridized carbons (Fsp3) is 0.118. The molecule has 43 heavy (non-hydrogen) atoms. The molecule has 0 radical (unpaired) electrons. The fourth-order valence-electron chi connectivity index (χ4n) is 5.13. The van der Waals surface area contributed by atoms with Gasteiger partial charge in [-0.3, -0.25) is 9.36 Å². The Bertz CT molecular complexity index is 1900. The number of anilines is 1. The van der Waals surface area contributed by atoms with E-state index in [4.69, 9.17) is 20.4 Å². The third-order valence-corrected chi connectivity index (χ3v) is 7.32. The van der Waals surface area contributed by atoms with Crippen molar-refractivity contribution < 1.29 is 14.6 Å². The fourth-order valence-corrected chi connectivity index (χ4v) is 5.13. The number of benzene rings is 3. The number of phenolic OH excluding ortho intramolecular Hbond substituents is 1. The summed E-state index contributed by atoms with van der Waals surface area (Å²) in [4.78, 5) is 25.3. The van der Waals surface area contributed by atoms with Gasteiger partial charge < -0.3 is 20.9 Å². The maximum absolute atomic E-state index is 11.1. The Balaban J connectivity index is 1.26. The van der Waals surface area contributed by atoms with Gasteiger partial charge in [0.15, 0.2) is 29.3 Å². The number of nitrogen functional groups attached to an aromatic ring is 1. The molecule has 214 valence electrons. The van der Waals surface area contributed by atoms with Crippen molar-refractivity contribution in [1.82, 2.24) is 24.8 Å². The number of methoxy groups -OCH3 is 1. The number of aromatic nitrogens is 4. The van der Waals surface area contributed by atoms with Crippen LogP contribution in [0.3, 0.4) is 0 Å². The number of phenols is 1. The first-order valence-electron chi connectivity index (χ1n) is 13.9. The van der Waals surface area contributed by atoms with Gasteiger partial charge in [0, 0.05) is 24.0 Å². The van der Waals surface area contributed by atoms with E-state index in [9.17, 15) is 9.90 Å². The maximum Gasteiger partial charge on any atom is 0.168 e. The van der Waals surface area contributed by atoms with Gasteiger partial charge in [-0.2, -0.15) is 0 Å². The molecular weight excluding hydrogens is 540 g/mol. The van der Waals surface area contributed by atoms with Crippen LogP contribution in [-0.2, 0) is 13.0 Å². The summed E-state index contributed by atoms with van der Waals surface area (Å²) in [5, 5.41) is 13.7. The van der Waals surface area contributed by atoms with Crippen LogP contribution in [0.15, 0.2) is 97.2 Å². The molecule has 3 aromatic heterocycles. The molecule has 3 heterocycles. The number of carbonyl (C=O) groups excluding carboxylic acids is 1. The lowest BCUT2D eigenvalue weighted by atomic mass is 10.1. The number of hydrogen-bond acceptors (Lipinski definition) is 8. The standard InChI is InChI=1S/C34H30N6O3/c1-43-31-24(11-12-25(21-41)30(31)42)17-19-36-20-22-9-13-26(14-10-22)40-33(27-8-5-18-37-32(27)35)39-29-16-15-28(38-34(29)40)23-6-3-2-4-7-23/h2-16,18,21,36,42H,17,19-20H2,1H3,(H2,35,37). The minimum atomic E-state index is -0.129. The quantitative estimate of drug-likeness (QED) is 0.144. The molecule has 0 aliphatic carbocycles. The second-order valence-corrected chi connectivity index (χ2v) is 10.0. The number of aromatic hydroxyl groups is 1. The average molecular weight is 571 g/mol. The molecule has 0 aliphatic rings. The highest BCUT2D eigenvalue weighted by molar-refractivity contribution is 5.84. The number of fused-ring (bicyclic) bond motifs is 1. The Kier molecular flexibility index (Phi) is 7.80. The van der Waals surface area contributed by atoms with Gasteiger partial charge in [-0.1, -0.05) is 48.5 Å². The van der Waals surface area contributed by atoms with E-state index in [-0.39, 0.29) is 11.3 Å². The zero-order valence-corrected chi connectivity index (χ0v) is 23.6. The number of aldehydes is 1. The smallest absolute Gasteiger partial charge is 0.168 e. The molecule has 6 aromatic rings. The largest absolute Gasteiger partial charge is 0.504 e. The number of nitrogens with one attached hydrogen (secondary N) is 1. The van der Waals surface area contributed by atoms with Crippen molar-refractivity contribution in [3.63, 3.8) is 0 Å². The van der Waals surface area contributed by atoms with Crippen molar-refractivity contribution in [2.75, 3.05) is 19.4 Å². The molecular formula is C34H30N6O3. The van der Waals surface area contributed by atoms with Gasteiger partial charge in [0.05, 0.1) is 23.9 Å². The predicted molar refractivity (Wildman–Crippen MR) is 167 cm³/mol. The summed E-state index contributed by atoms with van der Waals surface area (Å²) >= 11 is 0. The van der Waals surface area contributed by atoms with Gasteiger partial charge in [-0.15, -0.1) is 0 Å². The van der Waals surface area contributed by atoms with E-state index in [1.807, 2.05) is 71.3 Å². The maximum atomic E-state index is 11.1. The molecule has 3 aromatic carbocycles. The zero-order chi connectivity index (χ0) is 29.8. The topological polar surface area (TPSA) is 128 Å². The lowest BCUT2D eigenvalue weighted by Crippen LogP contribution is -2.17. The highest BCUT2D eigenvalue weighted by atomic mass is 16.5. The van der Waals surface area contributed by atoms with Crippen LogP contribution in [0.2, 0.25) is 0 Å². The highest BCUT2D eigenvalue weighted by Crippen LogP contribution is 2.34. The number of imidazole rings is 1. The number of ether oxygens (including phenoxy) is 1. The van der Waals surface area contributed by atoms with E-state index >= 15 is 0 Å². The molecule has 0 atom stereocenters. The van der Waals surface area contributed by atoms with Gasteiger partial charge in [-0.05, 0) is 66.6 Å². The van der Waals surface area contributed by atoms with Crippen LogP contribution >= 0.6 is 0 Å². The van der Waals surface area contributed by atoms with Crippen LogP contribution in [0.1, 0.15) is 21.5 Å². The van der Waals surface area contributed by atoms with E-state index in [0.717, 1.165) is 44.8 Å². The normalized spacial score (nSPS) is 11.1. The third-order valence-electron chi connectivity index (χ3n) is 7.32. The van der Waals surface area contributed by atoms with Gasteiger partial charge in [0.2, 0.25) is 0 Å². The average Bonchev–Trinajstić information content (AvgIpc) is 3.42. The summed E-state index contributed by atoms with van der Waals surface area (Å²) in [6.45, 7) is 1.30. The monoisotopic (exact) mass is 570 g/mol. The Morgan fingerprint density at radius 3 is 2.51 bits per heavy atom. The number of carbonyl (C=O) groups is 1. The molecule has 0 spiro atoms. The summed E-state index contributed by atoms with van der Waals surface area (Å²) in [7, 11) is 1.48. The van der Waals surface area contributed by atoms with E-state index in [1.165, 1.54) is 7.11 Å². The van der Waals surface area contributed by atoms with E-state index in [1.54, 1.807) is 18.3 Å². The molecule has 0 fully saturated rings. The van der Waals surface area contributed by atoms with Crippen molar-refractivity contribution in [3.8, 4) is 39.8 Å². The van der Waals surface area contributed by atoms with Crippen LogP contribution < -0.4 is 15.8 Å². The second-order valence-electron chi connectivity index (χ2n) is 10.0. The van der Waals surface area contributed by atoms with Gasteiger partial charge >= 0.3 is 0 Å². The number of hydrogen-bond donors (Lipinski definition) is 3. The number of rotatable bonds is 10. The van der Waals surface area contributed by atoms with Gasteiger partial charge in [0.1, 0.15) is 11.3 Å². The van der Waals surface area contributed by atoms with Crippen LogP contribution in [-0.4, -0.2) is 44.6 Å². The Hall–Kier alpha value is -5.54. The molecule has 0 aliphatic heterocycles. The molecule has 0 bridgehead atoms. The lowest BCUT2D eigenvalue weighted by molar-refractivity contribution is 0.112. The Morgan fingerprint density at radius 1 is 0.953 bits per heavy atom. The Morgan fingerprint density at radius 2 is 1.77 bits per heavy atom. The number of nitrogens with two attached hydrogens (primary N) is 1. The van der Waals surface area contributed by atoms with Crippen molar-refractivity contribution in [2.45, 2.75) is 13.0 Å². The summed E-state index contributed by atoms with van der Waals surface area (Å²) in [6, 6.07) is 29.4. The summed E-state index contributed by atoms with van der Waals surface area (Å²) in [5.41, 5.74) is 13.4.